The number of carbonyl (C=O) groups is 3. The maximum absolute atomic E-state index is 13.3. The lowest BCUT2D eigenvalue weighted by Gasteiger charge is -2.31. The number of aryl methyl sites for hydroxylation is 1. The van der Waals surface area contributed by atoms with Crippen molar-refractivity contribution in [2.24, 2.45) is 0 Å². The first-order chi connectivity index (χ1) is 16.7. The van der Waals surface area contributed by atoms with Crippen LogP contribution < -0.4 is 0 Å². The van der Waals surface area contributed by atoms with Crippen LogP contribution >= 0.6 is 11.6 Å². The molecule has 0 aliphatic carbocycles. The number of aromatic nitrogens is 1. The van der Waals surface area contributed by atoms with Gasteiger partial charge in [-0.05, 0) is 37.1 Å². The van der Waals surface area contributed by atoms with E-state index in [9.17, 15) is 19.5 Å². The molecule has 2 N–H and O–H groups in total. The van der Waals surface area contributed by atoms with Crippen LogP contribution in [0.1, 0.15) is 38.9 Å². The van der Waals surface area contributed by atoms with Gasteiger partial charge in [0.1, 0.15) is 11.5 Å². The average Bonchev–Trinajstić information content (AvgIpc) is 3.30. The number of rotatable bonds is 6. The van der Waals surface area contributed by atoms with Crippen LogP contribution in [0.3, 0.4) is 0 Å². The second-order valence-electron chi connectivity index (χ2n) is 8.61. The van der Waals surface area contributed by atoms with E-state index in [0.29, 0.717) is 53.7 Å². The van der Waals surface area contributed by atoms with E-state index in [1.54, 1.807) is 38.1 Å². The third-order valence-electron chi connectivity index (χ3n) is 6.55. The van der Waals surface area contributed by atoms with Gasteiger partial charge in [-0.1, -0.05) is 23.7 Å². The number of nitrogens with one attached hydrogen (secondary N) is 1. The van der Waals surface area contributed by atoms with Crippen molar-refractivity contribution in [1.29, 1.82) is 0 Å². The number of ketones is 1. The summed E-state index contributed by atoms with van der Waals surface area (Å²) in [6, 6.07) is 6.04. The number of aliphatic hydroxyl groups is 1. The van der Waals surface area contributed by atoms with Crippen molar-refractivity contribution < 1.29 is 29.0 Å². The van der Waals surface area contributed by atoms with Crippen molar-refractivity contribution >= 4 is 35.0 Å². The van der Waals surface area contributed by atoms with Gasteiger partial charge in [0.25, 0.3) is 11.7 Å². The van der Waals surface area contributed by atoms with E-state index in [1.807, 2.05) is 0 Å². The Morgan fingerprint density at radius 1 is 1.17 bits per heavy atom. The zero-order chi connectivity index (χ0) is 25.3. The molecule has 0 radical (unpaired) electrons. The number of likely N-dealkylation sites (tertiary alicyclic amines) is 1. The number of benzene rings is 1. The second kappa shape index (κ2) is 10.2. The van der Waals surface area contributed by atoms with Gasteiger partial charge in [-0.15, -0.1) is 0 Å². The number of nitrogens with zero attached hydrogens (tertiary/aromatic N) is 2. The molecule has 2 fully saturated rings. The molecule has 0 bridgehead atoms. The summed E-state index contributed by atoms with van der Waals surface area (Å²) in [6.07, 6.45) is 0. The first-order valence-electron chi connectivity index (χ1n) is 11.4. The molecule has 1 atom stereocenters. The van der Waals surface area contributed by atoms with Crippen LogP contribution in [0.5, 0.6) is 0 Å². The molecule has 1 amide bonds. The summed E-state index contributed by atoms with van der Waals surface area (Å²) >= 11 is 6.08. The zero-order valence-electron chi connectivity index (χ0n) is 19.9. The van der Waals surface area contributed by atoms with Gasteiger partial charge < -0.3 is 24.5 Å². The number of esters is 1. The highest BCUT2D eigenvalue weighted by Gasteiger charge is 2.46. The summed E-state index contributed by atoms with van der Waals surface area (Å²) in [7, 11) is 1.26. The number of morpholine rings is 1. The van der Waals surface area contributed by atoms with Gasteiger partial charge in [0.2, 0.25) is 0 Å². The standard InChI is InChI=1S/C25H28ClN3O6/c1-14-18(15(2)27-20(14)25(33)34-3)22(30)19-21(16-4-6-17(26)7-5-16)29(24(32)23(19)31)9-8-28-10-12-35-13-11-28/h4-7,21,27,30H,8-13H2,1-3H3/b22-19+. The molecule has 186 valence electrons. The van der Waals surface area contributed by atoms with Gasteiger partial charge in [0, 0.05) is 42.5 Å². The van der Waals surface area contributed by atoms with Crippen molar-refractivity contribution in [2.45, 2.75) is 19.9 Å². The van der Waals surface area contributed by atoms with E-state index in [2.05, 4.69) is 9.88 Å². The van der Waals surface area contributed by atoms with E-state index < -0.39 is 23.7 Å². The Hall–Kier alpha value is -3.14. The second-order valence-corrected chi connectivity index (χ2v) is 9.05. The Labute approximate surface area is 208 Å². The van der Waals surface area contributed by atoms with Crippen molar-refractivity contribution in [1.82, 2.24) is 14.8 Å². The lowest BCUT2D eigenvalue weighted by Crippen LogP contribution is -2.42. The summed E-state index contributed by atoms with van der Waals surface area (Å²) in [5, 5.41) is 11.9. The number of carbonyl (C=O) groups excluding carboxylic acids is 3. The molecule has 9 nitrogen and oxygen atoms in total. The molecule has 10 heteroatoms. The van der Waals surface area contributed by atoms with Crippen LogP contribution in [0.4, 0.5) is 0 Å². The largest absolute Gasteiger partial charge is 0.507 e. The predicted octanol–water partition coefficient (Wildman–Crippen LogP) is 2.83. The number of aliphatic hydroxyl groups excluding tert-OH is 1. The molecular formula is C25H28ClN3O6. The highest BCUT2D eigenvalue weighted by Crippen LogP contribution is 2.41. The number of methoxy groups -OCH3 is 1. The molecule has 0 spiro atoms. The Balaban J connectivity index is 1.79. The zero-order valence-corrected chi connectivity index (χ0v) is 20.6. The highest BCUT2D eigenvalue weighted by molar-refractivity contribution is 6.46. The summed E-state index contributed by atoms with van der Waals surface area (Å²) in [6.45, 7) is 6.92. The number of halogens is 1. The Morgan fingerprint density at radius 3 is 2.46 bits per heavy atom. The Morgan fingerprint density at radius 2 is 1.83 bits per heavy atom. The van der Waals surface area contributed by atoms with Gasteiger partial charge in [-0.25, -0.2) is 4.79 Å². The number of amides is 1. The number of ether oxygens (including phenoxy) is 2. The van der Waals surface area contributed by atoms with Gasteiger partial charge in [-0.2, -0.15) is 0 Å². The van der Waals surface area contributed by atoms with Crippen LogP contribution in [0, 0.1) is 13.8 Å². The molecule has 2 aliphatic heterocycles. The third kappa shape index (κ3) is 4.71. The van der Waals surface area contributed by atoms with Crippen molar-refractivity contribution in [3.63, 3.8) is 0 Å². The van der Waals surface area contributed by atoms with E-state index in [0.717, 1.165) is 13.1 Å². The summed E-state index contributed by atoms with van der Waals surface area (Å²) < 4.78 is 10.2. The fourth-order valence-corrected chi connectivity index (χ4v) is 4.85. The number of H-pyrrole nitrogens is 1. The minimum atomic E-state index is -0.802. The summed E-state index contributed by atoms with van der Waals surface area (Å²) in [4.78, 5) is 45.2. The first-order valence-corrected chi connectivity index (χ1v) is 11.7. The minimum Gasteiger partial charge on any atom is -0.507 e. The van der Waals surface area contributed by atoms with Gasteiger partial charge in [0.05, 0.1) is 31.9 Å². The van der Waals surface area contributed by atoms with E-state index in [-0.39, 0.29) is 17.0 Å². The van der Waals surface area contributed by atoms with Crippen molar-refractivity contribution in [3.05, 3.63) is 62.9 Å². The number of hydrogen-bond donors (Lipinski definition) is 2. The van der Waals surface area contributed by atoms with E-state index in [1.165, 1.54) is 12.0 Å². The molecule has 3 heterocycles. The van der Waals surface area contributed by atoms with Crippen LogP contribution in [-0.4, -0.2) is 84.1 Å². The lowest BCUT2D eigenvalue weighted by atomic mass is 9.94. The lowest BCUT2D eigenvalue weighted by molar-refractivity contribution is -0.140. The monoisotopic (exact) mass is 501 g/mol. The minimum absolute atomic E-state index is 0.0269. The van der Waals surface area contributed by atoms with Crippen molar-refractivity contribution in [3.8, 4) is 0 Å². The van der Waals surface area contributed by atoms with Gasteiger partial charge in [0.15, 0.2) is 0 Å². The van der Waals surface area contributed by atoms with Gasteiger partial charge >= 0.3 is 5.97 Å². The average molecular weight is 502 g/mol. The van der Waals surface area contributed by atoms with Crippen LogP contribution in [-0.2, 0) is 19.1 Å². The fourth-order valence-electron chi connectivity index (χ4n) is 4.72. The molecule has 2 saturated heterocycles. The predicted molar refractivity (Wildman–Crippen MR) is 129 cm³/mol. The molecule has 0 saturated carbocycles. The molecule has 1 aromatic carbocycles. The molecule has 1 aromatic heterocycles. The molecular weight excluding hydrogens is 474 g/mol. The van der Waals surface area contributed by atoms with E-state index >= 15 is 0 Å². The topological polar surface area (TPSA) is 112 Å². The molecule has 2 aliphatic rings. The highest BCUT2D eigenvalue weighted by atomic mass is 35.5. The van der Waals surface area contributed by atoms with Crippen molar-refractivity contribution in [2.75, 3.05) is 46.5 Å². The molecule has 35 heavy (non-hydrogen) atoms. The van der Waals surface area contributed by atoms with Crippen LogP contribution in [0.2, 0.25) is 5.02 Å². The summed E-state index contributed by atoms with van der Waals surface area (Å²) in [5.74, 6) is -2.38. The summed E-state index contributed by atoms with van der Waals surface area (Å²) in [5.41, 5.74) is 2.01. The quantitative estimate of drug-likeness (QED) is 0.271. The normalized spacial score (nSPS) is 20.5. The fraction of sp³-hybridized carbons (Fsp3) is 0.400. The van der Waals surface area contributed by atoms with E-state index in [4.69, 9.17) is 21.1 Å². The van der Waals surface area contributed by atoms with Gasteiger partial charge in [-0.3, -0.25) is 14.5 Å². The third-order valence-corrected chi connectivity index (χ3v) is 6.80. The maximum Gasteiger partial charge on any atom is 0.354 e. The number of hydrogen-bond acceptors (Lipinski definition) is 7. The Bertz CT molecular complexity index is 1180. The number of Topliss-reactive ketones (excluding diaryl/α,β-unsaturated/α-hetero) is 1. The Kier molecular flexibility index (Phi) is 7.30. The smallest absolute Gasteiger partial charge is 0.354 e. The van der Waals surface area contributed by atoms with Crippen LogP contribution in [0.25, 0.3) is 5.76 Å². The number of aromatic amines is 1. The molecule has 1 unspecified atom stereocenters. The SMILES string of the molecule is COC(=O)c1[nH]c(C)c(/C(O)=C2\C(=O)C(=O)N(CCN3CCOCC3)C2c2ccc(Cl)cc2)c1C. The molecule has 2 aromatic rings. The maximum atomic E-state index is 13.3. The first kappa shape index (κ1) is 25.0. The van der Waals surface area contributed by atoms with Crippen LogP contribution in [0.15, 0.2) is 29.8 Å². The molecule has 4 rings (SSSR count).